The maximum Gasteiger partial charge on any atom is 0.357 e. The molecule has 0 aliphatic heterocycles. The molecule has 5 nitrogen and oxygen atoms in total. The molecule has 17 heavy (non-hydrogen) atoms. The molecule has 2 aromatic rings. The van der Waals surface area contributed by atoms with Gasteiger partial charge in [-0.3, -0.25) is 4.68 Å². The molecule has 0 unspecified atom stereocenters. The van der Waals surface area contributed by atoms with E-state index in [1.807, 2.05) is 12.3 Å². The molecule has 2 heterocycles. The molecule has 0 amide bonds. The van der Waals surface area contributed by atoms with Crippen molar-refractivity contribution in [2.24, 2.45) is 7.05 Å². The Labute approximate surface area is 103 Å². The average Bonchev–Trinajstić information content (AvgIpc) is 2.94. The molecular weight excluding hydrogens is 238 g/mol. The second-order valence-electron chi connectivity index (χ2n) is 3.52. The van der Waals surface area contributed by atoms with Crippen LogP contribution in [0.3, 0.4) is 0 Å². The lowest BCUT2D eigenvalue weighted by molar-refractivity contribution is 0.0589. The number of ether oxygens (including phenoxy) is 1. The van der Waals surface area contributed by atoms with Gasteiger partial charge in [0.05, 0.1) is 24.6 Å². The van der Waals surface area contributed by atoms with E-state index in [0.717, 1.165) is 22.7 Å². The number of aryl methyl sites for hydroxylation is 2. The van der Waals surface area contributed by atoms with Gasteiger partial charge in [-0.05, 0) is 6.42 Å². The number of hydrogen-bond acceptors (Lipinski definition) is 5. The summed E-state index contributed by atoms with van der Waals surface area (Å²) in [5.41, 5.74) is 2.18. The fraction of sp³-hybridized carbons (Fsp3) is 0.364. The van der Waals surface area contributed by atoms with E-state index >= 15 is 0 Å². The van der Waals surface area contributed by atoms with E-state index in [4.69, 9.17) is 4.74 Å². The standard InChI is InChI=1S/C11H13N3O2S/c1-4-7-6-17-10(13-7)8-5-12-14(2)9(8)11(15)16-3/h5-6H,4H2,1-3H3. The Bertz CT molecular complexity index is 545. The first kappa shape index (κ1) is 11.8. The van der Waals surface area contributed by atoms with Crippen molar-refractivity contribution in [3.05, 3.63) is 23.0 Å². The monoisotopic (exact) mass is 251 g/mol. The van der Waals surface area contributed by atoms with E-state index in [2.05, 4.69) is 10.1 Å². The third kappa shape index (κ3) is 2.08. The molecule has 0 N–H and O–H groups in total. The second-order valence-corrected chi connectivity index (χ2v) is 4.38. The zero-order chi connectivity index (χ0) is 12.4. The first-order valence-electron chi connectivity index (χ1n) is 5.22. The summed E-state index contributed by atoms with van der Waals surface area (Å²) in [6, 6.07) is 0. The summed E-state index contributed by atoms with van der Waals surface area (Å²) >= 11 is 1.51. The second kappa shape index (κ2) is 4.67. The van der Waals surface area contributed by atoms with Gasteiger partial charge in [0.25, 0.3) is 0 Å². The molecule has 0 atom stereocenters. The lowest BCUT2D eigenvalue weighted by atomic mass is 10.2. The minimum Gasteiger partial charge on any atom is -0.464 e. The SMILES string of the molecule is CCc1csc(-c2cnn(C)c2C(=O)OC)n1. The van der Waals surface area contributed by atoms with E-state index in [0.29, 0.717) is 5.69 Å². The maximum absolute atomic E-state index is 11.7. The van der Waals surface area contributed by atoms with E-state index in [1.54, 1.807) is 13.2 Å². The highest BCUT2D eigenvalue weighted by atomic mass is 32.1. The summed E-state index contributed by atoms with van der Waals surface area (Å²) in [4.78, 5) is 16.1. The number of carbonyl (C=O) groups is 1. The zero-order valence-corrected chi connectivity index (χ0v) is 10.7. The highest BCUT2D eigenvalue weighted by Gasteiger charge is 2.20. The Kier molecular flexibility index (Phi) is 3.23. The summed E-state index contributed by atoms with van der Waals surface area (Å²) in [5.74, 6) is -0.395. The van der Waals surface area contributed by atoms with Gasteiger partial charge >= 0.3 is 5.97 Å². The summed E-state index contributed by atoms with van der Waals surface area (Å²) < 4.78 is 6.26. The normalized spacial score (nSPS) is 10.5. The van der Waals surface area contributed by atoms with Gasteiger partial charge in [0, 0.05) is 12.4 Å². The molecule has 2 aromatic heterocycles. The quantitative estimate of drug-likeness (QED) is 0.782. The molecule has 0 aromatic carbocycles. The Balaban J connectivity index is 2.48. The van der Waals surface area contributed by atoms with Crippen LogP contribution >= 0.6 is 11.3 Å². The fourth-order valence-corrected chi connectivity index (χ4v) is 2.44. The van der Waals surface area contributed by atoms with Crippen LogP contribution in [0, 0.1) is 0 Å². The van der Waals surface area contributed by atoms with Crippen LogP contribution in [0.2, 0.25) is 0 Å². The van der Waals surface area contributed by atoms with Crippen LogP contribution in [0.4, 0.5) is 0 Å². The molecule has 6 heteroatoms. The molecule has 0 aliphatic carbocycles. The molecule has 0 aliphatic rings. The smallest absolute Gasteiger partial charge is 0.357 e. The van der Waals surface area contributed by atoms with Gasteiger partial charge in [-0.25, -0.2) is 9.78 Å². The third-order valence-corrected chi connectivity index (χ3v) is 3.39. The third-order valence-electron chi connectivity index (χ3n) is 2.46. The Hall–Kier alpha value is -1.69. The number of nitrogens with zero attached hydrogens (tertiary/aromatic N) is 3. The fourth-order valence-electron chi connectivity index (χ4n) is 1.53. The summed E-state index contributed by atoms with van der Waals surface area (Å²) in [6.45, 7) is 2.04. The molecule has 2 rings (SSSR count). The van der Waals surface area contributed by atoms with E-state index in [-0.39, 0.29) is 0 Å². The van der Waals surface area contributed by atoms with Gasteiger partial charge in [0.1, 0.15) is 5.01 Å². The Morgan fingerprint density at radius 1 is 1.59 bits per heavy atom. The van der Waals surface area contributed by atoms with E-state index < -0.39 is 5.97 Å². The molecule has 90 valence electrons. The zero-order valence-electron chi connectivity index (χ0n) is 9.93. The van der Waals surface area contributed by atoms with Crippen LogP contribution in [0.15, 0.2) is 11.6 Å². The van der Waals surface area contributed by atoms with Gasteiger partial charge in [-0.1, -0.05) is 6.92 Å². The van der Waals surface area contributed by atoms with E-state index in [9.17, 15) is 4.79 Å². The lowest BCUT2D eigenvalue weighted by Crippen LogP contribution is -2.09. The minimum absolute atomic E-state index is 0.395. The molecular formula is C11H13N3O2S. The van der Waals surface area contributed by atoms with Crippen LogP contribution < -0.4 is 0 Å². The van der Waals surface area contributed by atoms with Gasteiger partial charge in [-0.2, -0.15) is 5.10 Å². The topological polar surface area (TPSA) is 57.0 Å². The van der Waals surface area contributed by atoms with Crippen LogP contribution in [0.1, 0.15) is 23.1 Å². The van der Waals surface area contributed by atoms with Crippen molar-refractivity contribution in [3.8, 4) is 10.6 Å². The van der Waals surface area contributed by atoms with Crippen LogP contribution in [0.25, 0.3) is 10.6 Å². The van der Waals surface area contributed by atoms with Crippen molar-refractivity contribution in [2.75, 3.05) is 7.11 Å². The van der Waals surface area contributed by atoms with Crippen LogP contribution in [-0.4, -0.2) is 27.8 Å². The largest absolute Gasteiger partial charge is 0.464 e. The number of rotatable bonds is 3. The molecule has 0 bridgehead atoms. The van der Waals surface area contributed by atoms with Gasteiger partial charge in [0.2, 0.25) is 0 Å². The summed E-state index contributed by atoms with van der Waals surface area (Å²) in [6.07, 6.45) is 2.52. The first-order valence-corrected chi connectivity index (χ1v) is 6.10. The van der Waals surface area contributed by atoms with E-state index in [1.165, 1.54) is 23.1 Å². The molecule has 0 fully saturated rings. The average molecular weight is 251 g/mol. The number of esters is 1. The van der Waals surface area contributed by atoms with Crippen molar-refractivity contribution in [1.82, 2.24) is 14.8 Å². The van der Waals surface area contributed by atoms with Gasteiger partial charge < -0.3 is 4.74 Å². The van der Waals surface area contributed by atoms with Gasteiger partial charge in [-0.15, -0.1) is 11.3 Å². The van der Waals surface area contributed by atoms with Crippen molar-refractivity contribution in [3.63, 3.8) is 0 Å². The lowest BCUT2D eigenvalue weighted by Gasteiger charge is -2.01. The summed E-state index contributed by atoms with van der Waals surface area (Å²) in [7, 11) is 3.07. The van der Waals surface area contributed by atoms with Crippen molar-refractivity contribution in [2.45, 2.75) is 13.3 Å². The van der Waals surface area contributed by atoms with Crippen molar-refractivity contribution in [1.29, 1.82) is 0 Å². The maximum atomic E-state index is 11.7. The highest BCUT2D eigenvalue weighted by molar-refractivity contribution is 7.13. The highest BCUT2D eigenvalue weighted by Crippen LogP contribution is 2.27. The molecule has 0 radical (unpaired) electrons. The predicted molar refractivity (Wildman–Crippen MR) is 65.0 cm³/mol. The number of aromatic nitrogens is 3. The van der Waals surface area contributed by atoms with Crippen LogP contribution in [-0.2, 0) is 18.2 Å². The number of thiazole rings is 1. The molecule has 0 saturated carbocycles. The molecule has 0 saturated heterocycles. The Morgan fingerprint density at radius 2 is 2.35 bits per heavy atom. The predicted octanol–water partition coefficient (Wildman–Crippen LogP) is 1.89. The number of methoxy groups -OCH3 is 1. The molecule has 0 spiro atoms. The van der Waals surface area contributed by atoms with Gasteiger partial charge in [0.15, 0.2) is 5.69 Å². The van der Waals surface area contributed by atoms with Crippen LogP contribution in [0.5, 0.6) is 0 Å². The van der Waals surface area contributed by atoms with Crippen molar-refractivity contribution < 1.29 is 9.53 Å². The first-order chi connectivity index (χ1) is 8.17. The van der Waals surface area contributed by atoms with Crippen molar-refractivity contribution >= 4 is 17.3 Å². The summed E-state index contributed by atoms with van der Waals surface area (Å²) in [5, 5.41) is 6.87. The number of hydrogen-bond donors (Lipinski definition) is 0. The minimum atomic E-state index is -0.395. The Morgan fingerprint density at radius 3 is 2.94 bits per heavy atom. The number of carbonyl (C=O) groups excluding carboxylic acids is 1.